The second kappa shape index (κ2) is 17.8. The van der Waals surface area contributed by atoms with E-state index in [-0.39, 0.29) is 6.04 Å². The minimum Gasteiger partial charge on any atom is -0.494 e. The Kier molecular flexibility index (Phi) is 15.1. The normalized spacial score (nSPS) is 16.5. The van der Waals surface area contributed by atoms with Gasteiger partial charge in [-0.25, -0.2) is 0 Å². The maximum Gasteiger partial charge on any atom is 0.123 e. The van der Waals surface area contributed by atoms with E-state index < -0.39 is 0 Å². The lowest BCUT2D eigenvalue weighted by Crippen LogP contribution is -2.26. The molecule has 4 nitrogen and oxygen atoms in total. The van der Waals surface area contributed by atoms with Crippen LogP contribution in [-0.2, 0) is 4.74 Å². The van der Waals surface area contributed by atoms with E-state index in [0.29, 0.717) is 6.61 Å². The van der Waals surface area contributed by atoms with Gasteiger partial charge in [-0.1, -0.05) is 84.3 Å². The maximum atomic E-state index is 5.50. The number of aromatic amines is 1. The van der Waals surface area contributed by atoms with Crippen molar-refractivity contribution in [1.29, 1.82) is 0 Å². The fraction of sp³-hybridized carbons (Fsp3) is 0.710. The highest BCUT2D eigenvalue weighted by molar-refractivity contribution is 7.99. The average Bonchev–Trinajstić information content (AvgIpc) is 3.25. The molecular formula is C31H53N3OS. The number of nitrogens with zero attached hydrogens (tertiary/aromatic N) is 1. The fourth-order valence-electron chi connectivity index (χ4n) is 4.70. The van der Waals surface area contributed by atoms with E-state index in [1.165, 1.54) is 68.9 Å². The second-order valence-electron chi connectivity index (χ2n) is 11.4. The lowest BCUT2D eigenvalue weighted by molar-refractivity contribution is 0.294. The van der Waals surface area contributed by atoms with E-state index in [1.807, 2.05) is 24.2 Å². The molecule has 0 saturated heterocycles. The number of thioether (sulfide) groups is 1. The summed E-state index contributed by atoms with van der Waals surface area (Å²) in [6.07, 6.45) is 20.3. The van der Waals surface area contributed by atoms with E-state index in [4.69, 9.17) is 4.74 Å². The predicted molar refractivity (Wildman–Crippen MR) is 161 cm³/mol. The van der Waals surface area contributed by atoms with Gasteiger partial charge in [-0.05, 0) is 56.1 Å². The number of aryl methyl sites for hydroxylation is 1. The van der Waals surface area contributed by atoms with Crippen LogP contribution < -0.4 is 5.32 Å². The standard InChI is InChI=1S/C31H53N3OS/c1-24(2)10-7-11-25(3)12-8-13-26(4)14-9-15-27(5)17-21-36-23-30(29-22-35-20-19-32-29)34-31-28(6)16-18-33-31/h16-19,22,24-26,30,33-34H,7-15,20-21,23H2,1-6H3. The first-order chi connectivity index (χ1) is 17.3. The van der Waals surface area contributed by atoms with Crippen molar-refractivity contribution < 1.29 is 4.74 Å². The summed E-state index contributed by atoms with van der Waals surface area (Å²) in [5.74, 6) is 5.64. The van der Waals surface area contributed by atoms with Crippen molar-refractivity contribution in [1.82, 2.24) is 4.98 Å². The largest absolute Gasteiger partial charge is 0.494 e. The van der Waals surface area contributed by atoms with Crippen LogP contribution in [0.3, 0.4) is 0 Å². The van der Waals surface area contributed by atoms with Crippen LogP contribution in [-0.4, -0.2) is 35.4 Å². The van der Waals surface area contributed by atoms with Gasteiger partial charge in [-0.3, -0.25) is 4.99 Å². The molecule has 0 amide bonds. The number of hydrogen-bond acceptors (Lipinski definition) is 4. The summed E-state index contributed by atoms with van der Waals surface area (Å²) in [5.41, 5.74) is 3.70. The van der Waals surface area contributed by atoms with E-state index in [0.717, 1.165) is 40.8 Å². The maximum absolute atomic E-state index is 5.50. The zero-order valence-corrected chi connectivity index (χ0v) is 24.8. The highest BCUT2D eigenvalue weighted by Gasteiger charge is 2.17. The molecule has 3 unspecified atom stereocenters. The van der Waals surface area contributed by atoms with Crippen LogP contribution in [0, 0.1) is 24.7 Å². The predicted octanol–water partition coefficient (Wildman–Crippen LogP) is 9.16. The van der Waals surface area contributed by atoms with Crippen LogP contribution >= 0.6 is 11.8 Å². The number of nitrogens with one attached hydrogen (secondary N) is 2. The molecule has 36 heavy (non-hydrogen) atoms. The smallest absolute Gasteiger partial charge is 0.123 e. The molecule has 2 heterocycles. The number of rotatable bonds is 19. The van der Waals surface area contributed by atoms with Crippen LogP contribution in [0.4, 0.5) is 5.82 Å². The molecule has 2 N–H and O–H groups in total. The number of ether oxygens (including phenoxy) is 1. The zero-order chi connectivity index (χ0) is 26.2. The van der Waals surface area contributed by atoms with Gasteiger partial charge in [0.25, 0.3) is 0 Å². The van der Waals surface area contributed by atoms with Gasteiger partial charge >= 0.3 is 0 Å². The second-order valence-corrected chi connectivity index (χ2v) is 12.4. The molecule has 0 spiro atoms. The van der Waals surface area contributed by atoms with Gasteiger partial charge in [-0.2, -0.15) is 11.8 Å². The van der Waals surface area contributed by atoms with Gasteiger partial charge in [-0.15, -0.1) is 0 Å². The summed E-state index contributed by atoms with van der Waals surface area (Å²) in [6, 6.07) is 2.21. The fourth-order valence-corrected chi connectivity index (χ4v) is 5.72. The SMILES string of the molecule is CC(=CCSCC(Nc1[nH]ccc1C)C1=COCC=N1)CCCC(C)CCCC(C)CCCC(C)C. The Balaban J connectivity index is 1.61. The number of H-pyrrole nitrogens is 1. The van der Waals surface area contributed by atoms with Crippen LogP contribution in [0.1, 0.15) is 98.0 Å². The van der Waals surface area contributed by atoms with Gasteiger partial charge in [0.05, 0.1) is 11.7 Å². The van der Waals surface area contributed by atoms with E-state index in [2.05, 4.69) is 69.0 Å². The molecule has 0 bridgehead atoms. The first-order valence-electron chi connectivity index (χ1n) is 14.3. The van der Waals surface area contributed by atoms with Gasteiger partial charge in [0, 0.05) is 23.9 Å². The highest BCUT2D eigenvalue weighted by Crippen LogP contribution is 2.23. The lowest BCUT2D eigenvalue weighted by Gasteiger charge is -2.21. The minimum absolute atomic E-state index is 0.122. The van der Waals surface area contributed by atoms with Gasteiger partial charge in [0.2, 0.25) is 0 Å². The summed E-state index contributed by atoms with van der Waals surface area (Å²) in [4.78, 5) is 7.86. The Morgan fingerprint density at radius 1 is 1.08 bits per heavy atom. The number of aromatic nitrogens is 1. The van der Waals surface area contributed by atoms with E-state index in [1.54, 1.807) is 6.26 Å². The highest BCUT2D eigenvalue weighted by atomic mass is 32.2. The minimum atomic E-state index is 0.122. The lowest BCUT2D eigenvalue weighted by atomic mass is 9.91. The number of anilines is 1. The molecule has 2 rings (SSSR count). The molecule has 3 atom stereocenters. The topological polar surface area (TPSA) is 49.4 Å². The molecule has 1 aromatic heterocycles. The Morgan fingerprint density at radius 2 is 1.78 bits per heavy atom. The van der Waals surface area contributed by atoms with Crippen molar-refractivity contribution in [3.63, 3.8) is 0 Å². The molecule has 0 radical (unpaired) electrons. The van der Waals surface area contributed by atoms with Crippen molar-refractivity contribution in [3.05, 3.63) is 41.4 Å². The Labute approximate surface area is 226 Å². The Hall–Kier alpha value is -1.62. The molecule has 1 aliphatic heterocycles. The Morgan fingerprint density at radius 3 is 2.39 bits per heavy atom. The molecule has 0 saturated carbocycles. The van der Waals surface area contributed by atoms with Crippen LogP contribution in [0.25, 0.3) is 0 Å². The third kappa shape index (κ3) is 13.1. The number of aliphatic imine (C=N–C) groups is 1. The third-order valence-corrected chi connectivity index (χ3v) is 8.19. The van der Waals surface area contributed by atoms with E-state index >= 15 is 0 Å². The molecule has 1 aliphatic rings. The summed E-state index contributed by atoms with van der Waals surface area (Å²) < 4.78 is 5.50. The average molecular weight is 516 g/mol. The molecule has 0 fully saturated rings. The van der Waals surface area contributed by atoms with Crippen molar-refractivity contribution in [2.75, 3.05) is 23.4 Å². The molecule has 5 heteroatoms. The summed E-state index contributed by atoms with van der Waals surface area (Å²) in [5, 5.41) is 3.61. The zero-order valence-electron chi connectivity index (χ0n) is 23.9. The van der Waals surface area contributed by atoms with Crippen LogP contribution in [0.15, 0.2) is 40.9 Å². The molecular weight excluding hydrogens is 462 g/mol. The molecule has 0 aliphatic carbocycles. The molecule has 204 valence electrons. The van der Waals surface area contributed by atoms with Crippen LogP contribution in [0.2, 0.25) is 0 Å². The number of hydrogen-bond donors (Lipinski definition) is 2. The van der Waals surface area contributed by atoms with E-state index in [9.17, 15) is 0 Å². The van der Waals surface area contributed by atoms with Gasteiger partial charge in [0.1, 0.15) is 18.7 Å². The van der Waals surface area contributed by atoms with Crippen LogP contribution in [0.5, 0.6) is 0 Å². The number of allylic oxidation sites excluding steroid dienone is 1. The van der Waals surface area contributed by atoms with Crippen molar-refractivity contribution >= 4 is 23.8 Å². The quantitative estimate of drug-likeness (QED) is 0.143. The summed E-state index contributed by atoms with van der Waals surface area (Å²) in [7, 11) is 0. The van der Waals surface area contributed by atoms with Crippen molar-refractivity contribution in [3.8, 4) is 0 Å². The monoisotopic (exact) mass is 515 g/mol. The third-order valence-electron chi connectivity index (χ3n) is 7.22. The molecule has 0 aromatic carbocycles. The van der Waals surface area contributed by atoms with Gasteiger partial charge in [0.15, 0.2) is 0 Å². The van der Waals surface area contributed by atoms with Gasteiger partial charge < -0.3 is 15.0 Å². The first-order valence-corrected chi connectivity index (χ1v) is 15.5. The van der Waals surface area contributed by atoms with Crippen molar-refractivity contribution in [2.45, 2.75) is 105 Å². The van der Waals surface area contributed by atoms with Crippen molar-refractivity contribution in [2.24, 2.45) is 22.7 Å². The molecule has 1 aromatic rings. The summed E-state index contributed by atoms with van der Waals surface area (Å²) in [6.45, 7) is 14.5. The summed E-state index contributed by atoms with van der Waals surface area (Å²) >= 11 is 1.95. The first kappa shape index (κ1) is 30.6. The Bertz CT molecular complexity index is 810.